The molecule has 1 aromatic heterocycles. The van der Waals surface area contributed by atoms with E-state index in [2.05, 4.69) is 15.4 Å². The number of carboxylic acid groups (broad SMARTS) is 1. The molecule has 0 saturated carbocycles. The van der Waals surface area contributed by atoms with Gasteiger partial charge in [-0.05, 0) is 29.8 Å². The van der Waals surface area contributed by atoms with Crippen LogP contribution < -0.4 is 10.1 Å². The molecule has 2 N–H and O–H groups in total. The fourth-order valence-corrected chi connectivity index (χ4v) is 2.83. The van der Waals surface area contributed by atoms with Crippen molar-refractivity contribution in [2.45, 2.75) is 12.5 Å². The summed E-state index contributed by atoms with van der Waals surface area (Å²) in [6, 6.07) is 5.74. The first-order chi connectivity index (χ1) is 14.3. The molecule has 0 radical (unpaired) electrons. The second-order valence-electron chi connectivity index (χ2n) is 5.93. The number of carbonyl (C=O) groups is 1. The summed E-state index contributed by atoms with van der Waals surface area (Å²) in [7, 11) is 0. The molecule has 3 rings (SSSR count). The Bertz CT molecular complexity index is 1060. The highest BCUT2D eigenvalue weighted by molar-refractivity contribution is 6.32. The SMILES string of the molecule is O=C(O)NC(COc1ccc(F)cc1F)c1ccc(Cl)c(-n2ncnc2C(F)F)c1. The van der Waals surface area contributed by atoms with E-state index >= 15 is 0 Å². The lowest BCUT2D eigenvalue weighted by molar-refractivity contribution is 0.137. The number of halogens is 5. The van der Waals surface area contributed by atoms with Crippen molar-refractivity contribution in [2.24, 2.45) is 0 Å². The normalized spacial score (nSPS) is 12.1. The zero-order chi connectivity index (χ0) is 21.8. The lowest BCUT2D eigenvalue weighted by atomic mass is 10.1. The maximum absolute atomic E-state index is 13.8. The van der Waals surface area contributed by atoms with E-state index in [1.54, 1.807) is 0 Å². The maximum atomic E-state index is 13.8. The van der Waals surface area contributed by atoms with Crippen LogP contribution in [0.4, 0.5) is 22.4 Å². The van der Waals surface area contributed by atoms with Crippen LogP contribution >= 0.6 is 11.6 Å². The molecule has 1 heterocycles. The minimum Gasteiger partial charge on any atom is -0.488 e. The van der Waals surface area contributed by atoms with Crippen molar-refractivity contribution in [1.82, 2.24) is 20.1 Å². The molecular weight excluding hydrogens is 432 g/mol. The van der Waals surface area contributed by atoms with Crippen molar-refractivity contribution in [3.8, 4) is 11.4 Å². The van der Waals surface area contributed by atoms with Gasteiger partial charge < -0.3 is 15.2 Å². The molecular formula is C18H13ClF4N4O3. The summed E-state index contributed by atoms with van der Waals surface area (Å²) < 4.78 is 59.2. The van der Waals surface area contributed by atoms with Crippen LogP contribution in [-0.4, -0.2) is 32.6 Å². The molecule has 0 aliphatic carbocycles. The molecule has 158 valence electrons. The predicted octanol–water partition coefficient (Wildman–Crippen LogP) is 4.52. The number of benzene rings is 2. The van der Waals surface area contributed by atoms with Crippen molar-refractivity contribution in [2.75, 3.05) is 6.61 Å². The third-order valence-electron chi connectivity index (χ3n) is 3.97. The van der Waals surface area contributed by atoms with Crippen LogP contribution in [0.15, 0.2) is 42.7 Å². The van der Waals surface area contributed by atoms with E-state index in [4.69, 9.17) is 21.4 Å². The molecule has 1 atom stereocenters. The van der Waals surface area contributed by atoms with Crippen LogP contribution in [0.1, 0.15) is 23.9 Å². The molecule has 0 bridgehead atoms. The molecule has 7 nitrogen and oxygen atoms in total. The summed E-state index contributed by atoms with van der Waals surface area (Å²) in [5.41, 5.74) is 0.308. The molecule has 1 amide bonds. The zero-order valence-corrected chi connectivity index (χ0v) is 15.7. The molecule has 0 spiro atoms. The molecule has 0 saturated heterocycles. The van der Waals surface area contributed by atoms with Crippen molar-refractivity contribution in [3.63, 3.8) is 0 Å². The van der Waals surface area contributed by atoms with Gasteiger partial charge in [-0.15, -0.1) is 0 Å². The summed E-state index contributed by atoms with van der Waals surface area (Å²) in [6.45, 7) is -0.380. The summed E-state index contributed by atoms with van der Waals surface area (Å²) in [6.07, 6.45) is -3.41. The van der Waals surface area contributed by atoms with Crippen LogP contribution in [0.5, 0.6) is 5.75 Å². The lowest BCUT2D eigenvalue weighted by Gasteiger charge is -2.20. The summed E-state index contributed by atoms with van der Waals surface area (Å²) in [4.78, 5) is 14.7. The van der Waals surface area contributed by atoms with Crippen molar-refractivity contribution < 1.29 is 32.2 Å². The van der Waals surface area contributed by atoms with Gasteiger partial charge in [0.15, 0.2) is 17.4 Å². The Balaban J connectivity index is 1.92. The molecule has 3 aromatic rings. The first-order valence-electron chi connectivity index (χ1n) is 8.31. The van der Waals surface area contributed by atoms with Gasteiger partial charge in [0.2, 0.25) is 0 Å². The van der Waals surface area contributed by atoms with E-state index in [9.17, 15) is 22.4 Å². The number of aromatic nitrogens is 3. The molecule has 0 fully saturated rings. The zero-order valence-electron chi connectivity index (χ0n) is 14.9. The quantitative estimate of drug-likeness (QED) is 0.523. The Kier molecular flexibility index (Phi) is 6.40. The Morgan fingerprint density at radius 1 is 1.23 bits per heavy atom. The van der Waals surface area contributed by atoms with Crippen molar-refractivity contribution in [1.29, 1.82) is 0 Å². The first kappa shape index (κ1) is 21.4. The highest BCUT2D eigenvalue weighted by Gasteiger charge is 2.22. The van der Waals surface area contributed by atoms with E-state index in [0.717, 1.165) is 23.1 Å². The third-order valence-corrected chi connectivity index (χ3v) is 4.29. The summed E-state index contributed by atoms with van der Waals surface area (Å²) in [5, 5.41) is 15.1. The third kappa shape index (κ3) is 4.79. The van der Waals surface area contributed by atoms with Gasteiger partial charge in [0.05, 0.1) is 16.8 Å². The fraction of sp³-hybridized carbons (Fsp3) is 0.167. The fourth-order valence-electron chi connectivity index (χ4n) is 2.63. The highest BCUT2D eigenvalue weighted by atomic mass is 35.5. The molecule has 0 aliphatic rings. The van der Waals surface area contributed by atoms with Crippen LogP contribution in [0, 0.1) is 11.6 Å². The standard InChI is InChI=1S/C18H13ClF4N4O3/c19-11-3-1-9(5-14(11)27-17(16(22)23)24-8-25-27)13(26-18(28)29)7-30-15-4-2-10(20)6-12(15)21/h1-6,8,13,16,26H,7H2,(H,28,29). The molecule has 1 unspecified atom stereocenters. The minimum atomic E-state index is -2.93. The van der Waals surface area contributed by atoms with Crippen LogP contribution in [0.2, 0.25) is 5.02 Å². The number of nitrogens with one attached hydrogen (secondary N) is 1. The second-order valence-corrected chi connectivity index (χ2v) is 6.34. The van der Waals surface area contributed by atoms with E-state index in [0.29, 0.717) is 6.07 Å². The van der Waals surface area contributed by atoms with Gasteiger partial charge >= 0.3 is 6.09 Å². The van der Waals surface area contributed by atoms with Gasteiger partial charge in [0, 0.05) is 6.07 Å². The average Bonchev–Trinajstić information content (AvgIpc) is 3.16. The van der Waals surface area contributed by atoms with Gasteiger partial charge in [0.25, 0.3) is 6.43 Å². The predicted molar refractivity (Wildman–Crippen MR) is 97.1 cm³/mol. The molecule has 30 heavy (non-hydrogen) atoms. The van der Waals surface area contributed by atoms with Crippen LogP contribution in [-0.2, 0) is 0 Å². The van der Waals surface area contributed by atoms with Gasteiger partial charge in [-0.3, -0.25) is 0 Å². The summed E-state index contributed by atoms with van der Waals surface area (Å²) in [5.74, 6) is -2.71. The minimum absolute atomic E-state index is 0.0344. The van der Waals surface area contributed by atoms with E-state index < -0.39 is 36.0 Å². The smallest absolute Gasteiger partial charge is 0.405 e. The number of hydrogen-bond donors (Lipinski definition) is 2. The number of amides is 1. The van der Waals surface area contributed by atoms with Gasteiger partial charge in [-0.25, -0.2) is 32.0 Å². The topological polar surface area (TPSA) is 89.3 Å². The van der Waals surface area contributed by atoms with Crippen molar-refractivity contribution in [3.05, 3.63) is 70.8 Å². The summed E-state index contributed by atoms with van der Waals surface area (Å²) >= 11 is 6.10. The first-order valence-corrected chi connectivity index (χ1v) is 8.69. The Hall–Kier alpha value is -3.34. The van der Waals surface area contributed by atoms with Gasteiger partial charge in [-0.2, -0.15) is 5.10 Å². The number of ether oxygens (including phenoxy) is 1. The van der Waals surface area contributed by atoms with E-state index in [1.807, 2.05) is 0 Å². The number of rotatable bonds is 7. The molecule has 2 aromatic carbocycles. The van der Waals surface area contributed by atoms with Gasteiger partial charge in [0.1, 0.15) is 18.8 Å². The Morgan fingerprint density at radius 2 is 2.00 bits per heavy atom. The van der Waals surface area contributed by atoms with Crippen LogP contribution in [0.3, 0.4) is 0 Å². The number of alkyl halides is 2. The number of hydrogen-bond acceptors (Lipinski definition) is 4. The van der Waals surface area contributed by atoms with E-state index in [-0.39, 0.29) is 28.6 Å². The Labute approximate surface area is 171 Å². The average molecular weight is 445 g/mol. The highest BCUT2D eigenvalue weighted by Crippen LogP contribution is 2.28. The van der Waals surface area contributed by atoms with Crippen molar-refractivity contribution >= 4 is 17.7 Å². The van der Waals surface area contributed by atoms with Gasteiger partial charge in [-0.1, -0.05) is 17.7 Å². The second kappa shape index (κ2) is 8.99. The monoisotopic (exact) mass is 444 g/mol. The Morgan fingerprint density at radius 3 is 2.67 bits per heavy atom. The molecule has 12 heteroatoms. The van der Waals surface area contributed by atoms with E-state index in [1.165, 1.54) is 18.2 Å². The maximum Gasteiger partial charge on any atom is 0.405 e. The lowest BCUT2D eigenvalue weighted by Crippen LogP contribution is -2.31. The van der Waals surface area contributed by atoms with Crippen LogP contribution in [0.25, 0.3) is 5.69 Å². The molecule has 0 aliphatic heterocycles. The number of nitrogens with zero attached hydrogens (tertiary/aromatic N) is 3. The largest absolute Gasteiger partial charge is 0.488 e.